The predicted molar refractivity (Wildman–Crippen MR) is 85.7 cm³/mol. The van der Waals surface area contributed by atoms with Crippen molar-refractivity contribution < 1.29 is 8.42 Å². The van der Waals surface area contributed by atoms with Gasteiger partial charge in [0.1, 0.15) is 0 Å². The van der Waals surface area contributed by atoms with Gasteiger partial charge in [-0.1, -0.05) is 54.0 Å². The summed E-state index contributed by atoms with van der Waals surface area (Å²) >= 11 is 3.54. The quantitative estimate of drug-likeness (QED) is 0.737. The van der Waals surface area contributed by atoms with E-state index in [-0.39, 0.29) is 4.83 Å². The number of hydrogen-bond acceptors (Lipinski definition) is 2. The first-order chi connectivity index (χ1) is 8.61. The highest BCUT2D eigenvalue weighted by atomic mass is 79.9. The molecule has 0 N–H and O–H groups in total. The van der Waals surface area contributed by atoms with Crippen LogP contribution in [0.25, 0.3) is 0 Å². The highest BCUT2D eigenvalue weighted by molar-refractivity contribution is 9.09. The van der Waals surface area contributed by atoms with Crippen molar-refractivity contribution >= 4 is 25.8 Å². The molecule has 0 aliphatic carbocycles. The molecule has 0 saturated carbocycles. The average molecular weight is 347 g/mol. The summed E-state index contributed by atoms with van der Waals surface area (Å²) in [4.78, 5) is -0.207. The van der Waals surface area contributed by atoms with Crippen LogP contribution in [0.5, 0.6) is 0 Å². The molecule has 4 heteroatoms. The molecule has 0 aliphatic heterocycles. The summed E-state index contributed by atoms with van der Waals surface area (Å²) in [5.41, 5.74) is 2.30. The molecular formula is C15H23BrO2S. The Balaban J connectivity index is 3.05. The van der Waals surface area contributed by atoms with Gasteiger partial charge in [-0.15, -0.1) is 0 Å². The standard InChI is InChI=1S/C15H23BrO2S/c1-6-11(2)12-7-9-13(10-8-12)14(16)15(3,4)19(5,17)18/h7-11,14H,6H2,1-5H3. The molecule has 1 rings (SSSR count). The lowest BCUT2D eigenvalue weighted by molar-refractivity contribution is 0.548. The van der Waals surface area contributed by atoms with Crippen LogP contribution >= 0.6 is 15.9 Å². The molecule has 2 atom stereocenters. The Morgan fingerprint density at radius 1 is 1.16 bits per heavy atom. The third-order valence-corrected chi connectivity index (χ3v) is 8.10. The highest BCUT2D eigenvalue weighted by Gasteiger charge is 2.38. The molecule has 1 aromatic carbocycles. The minimum absolute atomic E-state index is 0.207. The van der Waals surface area contributed by atoms with Crippen LogP contribution in [-0.4, -0.2) is 19.4 Å². The van der Waals surface area contributed by atoms with Crippen LogP contribution in [0.3, 0.4) is 0 Å². The number of alkyl halides is 1. The molecule has 0 aromatic heterocycles. The van der Waals surface area contributed by atoms with Gasteiger partial charge in [-0.05, 0) is 37.3 Å². The average Bonchev–Trinajstić information content (AvgIpc) is 2.35. The minimum atomic E-state index is -3.13. The van der Waals surface area contributed by atoms with Crippen LogP contribution in [0.2, 0.25) is 0 Å². The molecule has 2 nitrogen and oxygen atoms in total. The topological polar surface area (TPSA) is 34.1 Å². The van der Waals surface area contributed by atoms with E-state index in [9.17, 15) is 8.42 Å². The lowest BCUT2D eigenvalue weighted by atomic mass is 9.95. The van der Waals surface area contributed by atoms with Gasteiger partial charge in [-0.25, -0.2) is 8.42 Å². The summed E-state index contributed by atoms with van der Waals surface area (Å²) in [6.45, 7) is 7.87. The van der Waals surface area contributed by atoms with Crippen LogP contribution in [-0.2, 0) is 9.84 Å². The Labute approximate surface area is 125 Å². The highest BCUT2D eigenvalue weighted by Crippen LogP contribution is 2.39. The zero-order valence-corrected chi connectivity index (χ0v) is 14.7. The number of benzene rings is 1. The van der Waals surface area contributed by atoms with Gasteiger partial charge in [-0.2, -0.15) is 0 Å². The summed E-state index contributed by atoms with van der Waals surface area (Å²) in [6, 6.07) is 8.23. The Morgan fingerprint density at radius 2 is 1.58 bits per heavy atom. The van der Waals surface area contributed by atoms with Crippen molar-refractivity contribution in [2.45, 2.75) is 49.6 Å². The smallest absolute Gasteiger partial charge is 0.154 e. The van der Waals surface area contributed by atoms with Crippen molar-refractivity contribution in [3.05, 3.63) is 35.4 Å². The number of hydrogen-bond donors (Lipinski definition) is 0. The Hall–Kier alpha value is -0.350. The second-order valence-corrected chi connectivity index (χ2v) is 9.23. The van der Waals surface area contributed by atoms with Crippen molar-refractivity contribution in [2.75, 3.05) is 6.26 Å². The molecule has 0 radical (unpaired) electrons. The summed E-state index contributed by atoms with van der Waals surface area (Å²) in [5, 5.41) is 0. The summed E-state index contributed by atoms with van der Waals surface area (Å²) < 4.78 is 22.9. The van der Waals surface area contributed by atoms with E-state index in [1.54, 1.807) is 13.8 Å². The van der Waals surface area contributed by atoms with E-state index < -0.39 is 14.6 Å². The SMILES string of the molecule is CCC(C)c1ccc(C(Br)C(C)(C)S(C)(=O)=O)cc1. The first-order valence-electron chi connectivity index (χ1n) is 6.54. The molecule has 0 saturated heterocycles. The lowest BCUT2D eigenvalue weighted by Crippen LogP contribution is -2.35. The minimum Gasteiger partial charge on any atom is -0.229 e. The van der Waals surface area contributed by atoms with Crippen LogP contribution in [0.15, 0.2) is 24.3 Å². The van der Waals surface area contributed by atoms with E-state index in [0.29, 0.717) is 5.92 Å². The van der Waals surface area contributed by atoms with Crippen molar-refractivity contribution in [1.82, 2.24) is 0 Å². The predicted octanol–water partition coefficient (Wildman–Crippen LogP) is 4.46. The molecule has 0 aliphatic rings. The summed E-state index contributed by atoms with van der Waals surface area (Å²) in [7, 11) is -3.13. The second-order valence-electron chi connectivity index (χ2n) is 5.71. The number of rotatable bonds is 5. The molecular weight excluding hydrogens is 324 g/mol. The van der Waals surface area contributed by atoms with Crippen molar-refractivity contribution in [1.29, 1.82) is 0 Å². The van der Waals surface area contributed by atoms with Gasteiger partial charge < -0.3 is 0 Å². The molecule has 0 bridgehead atoms. The Bertz CT molecular complexity index is 518. The normalized spacial score (nSPS) is 16.1. The van der Waals surface area contributed by atoms with Crippen LogP contribution in [0.1, 0.15) is 56.0 Å². The molecule has 0 heterocycles. The molecule has 1 aromatic rings. The molecule has 0 amide bonds. The van der Waals surface area contributed by atoms with Crippen molar-refractivity contribution in [2.24, 2.45) is 0 Å². The van der Waals surface area contributed by atoms with E-state index in [4.69, 9.17) is 0 Å². The first-order valence-corrected chi connectivity index (χ1v) is 9.35. The second kappa shape index (κ2) is 5.96. The third kappa shape index (κ3) is 3.60. The third-order valence-electron chi connectivity index (χ3n) is 3.98. The maximum atomic E-state index is 11.9. The van der Waals surface area contributed by atoms with Crippen LogP contribution < -0.4 is 0 Å². The fourth-order valence-electron chi connectivity index (χ4n) is 1.82. The van der Waals surface area contributed by atoms with E-state index in [1.165, 1.54) is 11.8 Å². The monoisotopic (exact) mass is 346 g/mol. The molecule has 2 unspecified atom stereocenters. The zero-order chi connectivity index (χ0) is 14.8. The molecule has 0 fully saturated rings. The van der Waals surface area contributed by atoms with Gasteiger partial charge in [0.2, 0.25) is 0 Å². The van der Waals surface area contributed by atoms with Gasteiger partial charge in [0.15, 0.2) is 9.84 Å². The van der Waals surface area contributed by atoms with Gasteiger partial charge in [0.25, 0.3) is 0 Å². The summed E-state index contributed by atoms with van der Waals surface area (Å²) in [6.07, 6.45) is 2.39. The Morgan fingerprint density at radius 3 is 1.95 bits per heavy atom. The van der Waals surface area contributed by atoms with Crippen molar-refractivity contribution in [3.8, 4) is 0 Å². The van der Waals surface area contributed by atoms with Crippen LogP contribution in [0, 0.1) is 0 Å². The van der Waals surface area contributed by atoms with E-state index in [1.807, 2.05) is 12.1 Å². The molecule has 19 heavy (non-hydrogen) atoms. The fourth-order valence-corrected chi connectivity index (χ4v) is 3.65. The molecule has 0 spiro atoms. The van der Waals surface area contributed by atoms with Gasteiger partial charge in [0, 0.05) is 6.26 Å². The first kappa shape index (κ1) is 16.7. The number of sulfone groups is 1. The van der Waals surface area contributed by atoms with E-state index >= 15 is 0 Å². The fraction of sp³-hybridized carbons (Fsp3) is 0.600. The maximum Gasteiger partial charge on any atom is 0.154 e. The van der Waals surface area contributed by atoms with E-state index in [0.717, 1.165) is 12.0 Å². The number of halogens is 1. The lowest BCUT2D eigenvalue weighted by Gasteiger charge is -2.29. The van der Waals surface area contributed by atoms with Gasteiger partial charge >= 0.3 is 0 Å². The van der Waals surface area contributed by atoms with Crippen LogP contribution in [0.4, 0.5) is 0 Å². The van der Waals surface area contributed by atoms with Gasteiger partial charge in [-0.3, -0.25) is 0 Å². The zero-order valence-electron chi connectivity index (χ0n) is 12.3. The van der Waals surface area contributed by atoms with Crippen molar-refractivity contribution in [3.63, 3.8) is 0 Å². The largest absolute Gasteiger partial charge is 0.229 e. The molecule has 108 valence electrons. The maximum absolute atomic E-state index is 11.9. The van der Waals surface area contributed by atoms with Gasteiger partial charge in [0.05, 0.1) is 9.57 Å². The van der Waals surface area contributed by atoms with E-state index in [2.05, 4.69) is 41.9 Å². The Kier molecular flexibility index (Phi) is 5.24. The summed E-state index contributed by atoms with van der Waals surface area (Å²) in [5.74, 6) is 0.533.